The summed E-state index contributed by atoms with van der Waals surface area (Å²) in [6.45, 7) is 5.87. The molecular formula is C12H18N2O4S2. The zero-order valence-corrected chi connectivity index (χ0v) is 13.2. The molecule has 1 rings (SSSR count). The number of rotatable bonds is 7. The van der Waals surface area contributed by atoms with Crippen molar-refractivity contribution >= 4 is 28.8 Å². The van der Waals surface area contributed by atoms with Crippen molar-refractivity contribution in [1.29, 1.82) is 0 Å². The third kappa shape index (κ3) is 4.77. The zero-order chi connectivity index (χ0) is 15.1. The van der Waals surface area contributed by atoms with E-state index >= 15 is 0 Å². The maximum atomic E-state index is 11.5. The lowest BCUT2D eigenvalue weighted by molar-refractivity contribution is 0.0519. The highest BCUT2D eigenvalue weighted by Gasteiger charge is 2.22. The summed E-state index contributed by atoms with van der Waals surface area (Å²) in [6, 6.07) is -0.248. The first kappa shape index (κ1) is 16.9. The van der Waals surface area contributed by atoms with Gasteiger partial charge in [0.2, 0.25) is 0 Å². The molecular weight excluding hydrogens is 300 g/mol. The summed E-state index contributed by atoms with van der Waals surface area (Å²) in [5.41, 5.74) is 0.196. The minimum absolute atomic E-state index is 0.149. The number of thiazole rings is 1. The van der Waals surface area contributed by atoms with Gasteiger partial charge in [0.05, 0.1) is 12.6 Å². The van der Waals surface area contributed by atoms with Crippen LogP contribution in [0.3, 0.4) is 0 Å². The average Bonchev–Trinajstić information content (AvgIpc) is 2.88. The van der Waals surface area contributed by atoms with Crippen molar-refractivity contribution in [2.24, 2.45) is 10.3 Å². The highest BCUT2D eigenvalue weighted by molar-refractivity contribution is 7.54. The van der Waals surface area contributed by atoms with Crippen LogP contribution < -0.4 is 0 Å². The molecule has 0 bridgehead atoms. The van der Waals surface area contributed by atoms with E-state index in [1.807, 2.05) is 13.8 Å². The summed E-state index contributed by atoms with van der Waals surface area (Å²) in [5, 5.41) is 12.1. The van der Waals surface area contributed by atoms with Crippen LogP contribution in [0, 0.1) is 5.92 Å². The first-order valence-corrected chi connectivity index (χ1v) is 7.87. The van der Waals surface area contributed by atoms with Crippen LogP contribution in [0.5, 0.6) is 0 Å². The van der Waals surface area contributed by atoms with Crippen LogP contribution in [-0.2, 0) is 16.2 Å². The SMILES string of the molecule is CCOC(=O)c1csc([C@H](O)C[C@@H](N=S=O)C(C)C)n1. The van der Waals surface area contributed by atoms with Gasteiger partial charge in [0, 0.05) is 11.8 Å². The van der Waals surface area contributed by atoms with E-state index < -0.39 is 12.1 Å². The van der Waals surface area contributed by atoms with E-state index in [9.17, 15) is 14.1 Å². The van der Waals surface area contributed by atoms with Crippen LogP contribution in [0.4, 0.5) is 0 Å². The topological polar surface area (TPSA) is 88.9 Å². The van der Waals surface area contributed by atoms with E-state index in [0.29, 0.717) is 11.4 Å². The summed E-state index contributed by atoms with van der Waals surface area (Å²) in [4.78, 5) is 15.6. The van der Waals surface area contributed by atoms with Gasteiger partial charge in [-0.25, -0.2) is 9.78 Å². The van der Waals surface area contributed by atoms with E-state index in [1.54, 1.807) is 12.3 Å². The predicted octanol–water partition coefficient (Wildman–Crippen LogP) is 2.16. The fourth-order valence-corrected chi connectivity index (χ4v) is 2.79. The Bertz CT molecular complexity index is 497. The molecule has 0 fully saturated rings. The fourth-order valence-electron chi connectivity index (χ4n) is 1.56. The molecule has 2 atom stereocenters. The molecule has 1 aromatic rings. The van der Waals surface area contributed by atoms with Gasteiger partial charge in [-0.1, -0.05) is 13.8 Å². The first-order chi connectivity index (χ1) is 9.49. The summed E-state index contributed by atoms with van der Waals surface area (Å²) >= 11 is 1.36. The number of hydrogen-bond acceptors (Lipinski definition) is 7. The molecule has 0 aliphatic rings. The summed E-state index contributed by atoms with van der Waals surface area (Å²) in [5.74, 6) is -0.349. The summed E-state index contributed by atoms with van der Waals surface area (Å²) < 4.78 is 19.2. The molecule has 0 saturated heterocycles. The Kier molecular flexibility index (Phi) is 6.97. The molecule has 8 heteroatoms. The van der Waals surface area contributed by atoms with Gasteiger partial charge in [-0.15, -0.1) is 11.3 Å². The number of aliphatic hydroxyl groups is 1. The Morgan fingerprint density at radius 1 is 1.60 bits per heavy atom. The van der Waals surface area contributed by atoms with Gasteiger partial charge in [0.25, 0.3) is 0 Å². The lowest BCUT2D eigenvalue weighted by Gasteiger charge is -2.16. The number of esters is 1. The van der Waals surface area contributed by atoms with Gasteiger partial charge in [-0.05, 0) is 12.8 Å². The van der Waals surface area contributed by atoms with Gasteiger partial charge in [-0.2, -0.15) is 8.57 Å². The Labute approximate surface area is 125 Å². The molecule has 0 spiro atoms. The van der Waals surface area contributed by atoms with E-state index in [-0.39, 0.29) is 35.7 Å². The molecule has 112 valence electrons. The van der Waals surface area contributed by atoms with Crippen LogP contribution in [0.1, 0.15) is 48.8 Å². The molecule has 20 heavy (non-hydrogen) atoms. The molecule has 0 radical (unpaired) electrons. The molecule has 1 aromatic heterocycles. The Morgan fingerprint density at radius 2 is 2.30 bits per heavy atom. The van der Waals surface area contributed by atoms with Gasteiger partial charge < -0.3 is 9.84 Å². The van der Waals surface area contributed by atoms with Crippen LogP contribution in [0.25, 0.3) is 0 Å². The minimum Gasteiger partial charge on any atom is -0.461 e. The molecule has 0 saturated carbocycles. The largest absolute Gasteiger partial charge is 0.461 e. The second-order valence-electron chi connectivity index (χ2n) is 4.53. The van der Waals surface area contributed by atoms with Crippen LogP contribution in [0.15, 0.2) is 9.74 Å². The quantitative estimate of drug-likeness (QED) is 0.778. The molecule has 1 N–H and O–H groups in total. The van der Waals surface area contributed by atoms with Crippen molar-refractivity contribution in [3.05, 3.63) is 16.1 Å². The van der Waals surface area contributed by atoms with Crippen molar-refractivity contribution < 1.29 is 18.8 Å². The molecule has 0 unspecified atom stereocenters. The zero-order valence-electron chi connectivity index (χ0n) is 11.6. The Hall–Kier alpha value is -1.12. The minimum atomic E-state index is -0.841. The highest BCUT2D eigenvalue weighted by Crippen LogP contribution is 2.26. The first-order valence-electron chi connectivity index (χ1n) is 6.29. The fraction of sp³-hybridized carbons (Fsp3) is 0.667. The van der Waals surface area contributed by atoms with Gasteiger partial charge in [0.15, 0.2) is 17.2 Å². The van der Waals surface area contributed by atoms with E-state index in [1.165, 1.54) is 11.3 Å². The molecule has 1 heterocycles. The van der Waals surface area contributed by atoms with Gasteiger partial charge in [-0.3, -0.25) is 0 Å². The van der Waals surface area contributed by atoms with Crippen molar-refractivity contribution in [1.82, 2.24) is 4.98 Å². The standard InChI is InChI=1S/C12H18N2O4S2/c1-4-18-12(16)9-6-19-11(13-9)10(15)5-8(7(2)3)14-20-17/h6-8,10,15H,4-5H2,1-3H3/t8-,10-/m1/s1. The Balaban J connectivity index is 2.74. The number of nitrogens with zero attached hydrogens (tertiary/aromatic N) is 2. The van der Waals surface area contributed by atoms with Crippen LogP contribution in [0.2, 0.25) is 0 Å². The number of aliphatic hydroxyl groups excluding tert-OH is 1. The molecule has 6 nitrogen and oxygen atoms in total. The third-order valence-electron chi connectivity index (χ3n) is 2.70. The maximum absolute atomic E-state index is 11.5. The maximum Gasteiger partial charge on any atom is 0.357 e. The lowest BCUT2D eigenvalue weighted by Crippen LogP contribution is -2.16. The second-order valence-corrected chi connectivity index (χ2v) is 5.78. The number of hydrogen-bond donors (Lipinski definition) is 1. The van der Waals surface area contributed by atoms with Gasteiger partial charge in [0.1, 0.15) is 11.1 Å². The number of aromatic nitrogens is 1. The normalized spacial score (nSPS) is 13.8. The summed E-state index contributed by atoms with van der Waals surface area (Å²) in [6.07, 6.45) is -0.533. The second kappa shape index (κ2) is 8.23. The van der Waals surface area contributed by atoms with E-state index in [4.69, 9.17) is 4.74 Å². The Morgan fingerprint density at radius 3 is 2.85 bits per heavy atom. The highest BCUT2D eigenvalue weighted by atomic mass is 32.1. The predicted molar refractivity (Wildman–Crippen MR) is 76.8 cm³/mol. The lowest BCUT2D eigenvalue weighted by atomic mass is 9.99. The van der Waals surface area contributed by atoms with E-state index in [0.717, 1.165) is 0 Å². The number of carbonyl (C=O) groups is 1. The molecule has 0 aliphatic heterocycles. The van der Waals surface area contributed by atoms with Crippen molar-refractivity contribution in [3.8, 4) is 0 Å². The average molecular weight is 318 g/mol. The van der Waals surface area contributed by atoms with Gasteiger partial charge >= 0.3 is 5.97 Å². The van der Waals surface area contributed by atoms with Crippen LogP contribution >= 0.6 is 11.3 Å². The van der Waals surface area contributed by atoms with Crippen molar-refractivity contribution in [3.63, 3.8) is 0 Å². The van der Waals surface area contributed by atoms with Crippen molar-refractivity contribution in [2.75, 3.05) is 6.61 Å². The third-order valence-corrected chi connectivity index (χ3v) is 4.01. The smallest absolute Gasteiger partial charge is 0.357 e. The molecule has 0 aromatic carbocycles. The summed E-state index contributed by atoms with van der Waals surface area (Å²) in [7, 11) is 0. The van der Waals surface area contributed by atoms with Crippen molar-refractivity contribution in [2.45, 2.75) is 39.3 Å². The van der Waals surface area contributed by atoms with E-state index in [2.05, 4.69) is 9.35 Å². The number of carbonyl (C=O) groups excluding carboxylic acids is 1. The molecule has 0 aliphatic carbocycles. The van der Waals surface area contributed by atoms with Crippen LogP contribution in [-0.4, -0.2) is 32.9 Å². The molecule has 0 amide bonds. The number of ether oxygens (including phenoxy) is 1. The monoisotopic (exact) mass is 318 g/mol.